The summed E-state index contributed by atoms with van der Waals surface area (Å²) in [6.07, 6.45) is 5.18. The van der Waals surface area contributed by atoms with Crippen molar-refractivity contribution in [3.05, 3.63) is 77.7 Å². The topological polar surface area (TPSA) is 62.0 Å². The van der Waals surface area contributed by atoms with Gasteiger partial charge in [0.25, 0.3) is 0 Å². The van der Waals surface area contributed by atoms with Gasteiger partial charge in [-0.1, -0.05) is 36.4 Å². The lowest BCUT2D eigenvalue weighted by molar-refractivity contribution is 0.515. The molecule has 6 heteroatoms. The molecule has 3 aromatic rings. The highest BCUT2D eigenvalue weighted by molar-refractivity contribution is 7.90. The lowest BCUT2D eigenvalue weighted by Gasteiger charge is -2.24. The summed E-state index contributed by atoms with van der Waals surface area (Å²) >= 11 is 0. The summed E-state index contributed by atoms with van der Waals surface area (Å²) < 4.78 is 38.5. The standard InChI is InChI=1S/C22H23FN2O2S/c23-19-7-5-16(6-8-19)17-9-11-24-20(13-17)10-12-28(26,27)15-18-14-25-22-4-2-1-3-21(18)22/h1-9,14,20,24-25H,10-13,15H2. The largest absolute Gasteiger partial charge is 0.361 e. The Hall–Kier alpha value is -2.44. The molecule has 0 amide bonds. The Bertz CT molecular complexity index is 1100. The monoisotopic (exact) mass is 398 g/mol. The number of hydrogen-bond donors (Lipinski definition) is 2. The molecule has 2 heterocycles. The van der Waals surface area contributed by atoms with Gasteiger partial charge in [0, 0.05) is 29.7 Å². The first kappa shape index (κ1) is 18.9. The number of sulfone groups is 1. The number of fused-ring (bicyclic) bond motifs is 1. The molecule has 28 heavy (non-hydrogen) atoms. The van der Waals surface area contributed by atoms with E-state index >= 15 is 0 Å². The molecule has 0 saturated heterocycles. The van der Waals surface area contributed by atoms with Crippen LogP contribution in [0, 0.1) is 5.82 Å². The molecule has 0 fully saturated rings. The molecule has 0 spiro atoms. The van der Waals surface area contributed by atoms with Crippen LogP contribution in [0.3, 0.4) is 0 Å². The zero-order chi connectivity index (χ0) is 19.6. The van der Waals surface area contributed by atoms with Crippen LogP contribution in [0.1, 0.15) is 24.0 Å². The SMILES string of the molecule is O=S(=O)(CCC1CC(c2ccc(F)cc2)=CCN1)Cc1c[nH]c2ccccc12. The molecule has 1 unspecified atom stereocenters. The molecule has 0 radical (unpaired) electrons. The fourth-order valence-corrected chi connectivity index (χ4v) is 5.26. The quantitative estimate of drug-likeness (QED) is 0.658. The molecule has 1 aliphatic heterocycles. The maximum absolute atomic E-state index is 13.1. The van der Waals surface area contributed by atoms with Crippen molar-refractivity contribution in [1.29, 1.82) is 0 Å². The maximum atomic E-state index is 13.1. The minimum atomic E-state index is -3.21. The Labute approximate surface area is 164 Å². The van der Waals surface area contributed by atoms with E-state index in [1.54, 1.807) is 18.3 Å². The second kappa shape index (κ2) is 7.89. The summed E-state index contributed by atoms with van der Waals surface area (Å²) in [6.45, 7) is 0.694. The first-order chi connectivity index (χ1) is 13.5. The Morgan fingerprint density at radius 1 is 1.07 bits per heavy atom. The zero-order valence-electron chi connectivity index (χ0n) is 15.5. The second-order valence-electron chi connectivity index (χ2n) is 7.29. The molecular formula is C22H23FN2O2S. The van der Waals surface area contributed by atoms with Gasteiger partial charge in [-0.05, 0) is 47.7 Å². The van der Waals surface area contributed by atoms with Crippen molar-refractivity contribution in [2.75, 3.05) is 12.3 Å². The van der Waals surface area contributed by atoms with Gasteiger partial charge >= 0.3 is 0 Å². The van der Waals surface area contributed by atoms with E-state index in [1.807, 2.05) is 24.3 Å². The number of benzene rings is 2. The van der Waals surface area contributed by atoms with Crippen LogP contribution in [-0.4, -0.2) is 31.7 Å². The van der Waals surface area contributed by atoms with E-state index in [-0.39, 0.29) is 23.4 Å². The summed E-state index contributed by atoms with van der Waals surface area (Å²) in [6, 6.07) is 14.3. The van der Waals surface area contributed by atoms with Crippen molar-refractivity contribution in [2.45, 2.75) is 24.6 Å². The van der Waals surface area contributed by atoms with Crippen LogP contribution in [0.2, 0.25) is 0 Å². The van der Waals surface area contributed by atoms with E-state index in [4.69, 9.17) is 0 Å². The van der Waals surface area contributed by atoms with E-state index < -0.39 is 9.84 Å². The average molecular weight is 399 g/mol. The minimum Gasteiger partial charge on any atom is -0.361 e. The summed E-state index contributed by atoms with van der Waals surface area (Å²) in [7, 11) is -3.21. The molecule has 0 saturated carbocycles. The molecule has 1 aliphatic rings. The van der Waals surface area contributed by atoms with Gasteiger partial charge in [-0.2, -0.15) is 0 Å². The van der Waals surface area contributed by atoms with Gasteiger partial charge in [0.2, 0.25) is 0 Å². The van der Waals surface area contributed by atoms with Crippen molar-refractivity contribution in [2.24, 2.45) is 0 Å². The second-order valence-corrected chi connectivity index (χ2v) is 9.47. The molecule has 1 atom stereocenters. The third kappa shape index (κ3) is 4.34. The van der Waals surface area contributed by atoms with E-state index in [1.165, 1.54) is 12.1 Å². The number of halogens is 1. The lowest BCUT2D eigenvalue weighted by Crippen LogP contribution is -2.34. The summed E-state index contributed by atoms with van der Waals surface area (Å²) in [5.74, 6) is -0.0659. The zero-order valence-corrected chi connectivity index (χ0v) is 16.3. The highest BCUT2D eigenvalue weighted by Gasteiger charge is 2.21. The summed E-state index contributed by atoms with van der Waals surface area (Å²) in [4.78, 5) is 3.13. The molecule has 0 aliphatic carbocycles. The molecule has 0 bridgehead atoms. The van der Waals surface area contributed by atoms with E-state index in [0.717, 1.165) is 34.0 Å². The van der Waals surface area contributed by atoms with Crippen LogP contribution in [0.25, 0.3) is 16.5 Å². The molecule has 2 N–H and O–H groups in total. The summed E-state index contributed by atoms with van der Waals surface area (Å²) in [5, 5.41) is 4.33. The fraction of sp³-hybridized carbons (Fsp3) is 0.273. The molecule has 4 rings (SSSR count). The maximum Gasteiger partial charge on any atom is 0.154 e. The van der Waals surface area contributed by atoms with Gasteiger partial charge in [-0.15, -0.1) is 0 Å². The lowest BCUT2D eigenvalue weighted by atomic mass is 9.94. The normalized spacial score (nSPS) is 17.6. The predicted octanol–water partition coefficient (Wildman–Crippen LogP) is 4.06. The van der Waals surface area contributed by atoms with Gasteiger partial charge in [0.05, 0.1) is 11.5 Å². The number of para-hydroxylation sites is 1. The number of H-pyrrole nitrogens is 1. The van der Waals surface area contributed by atoms with Crippen LogP contribution >= 0.6 is 0 Å². The Balaban J connectivity index is 1.38. The van der Waals surface area contributed by atoms with Gasteiger partial charge in [0.1, 0.15) is 5.82 Å². The van der Waals surface area contributed by atoms with Crippen LogP contribution < -0.4 is 5.32 Å². The number of aromatic nitrogens is 1. The highest BCUT2D eigenvalue weighted by Crippen LogP contribution is 2.25. The Morgan fingerprint density at radius 3 is 2.68 bits per heavy atom. The van der Waals surface area contributed by atoms with Crippen molar-refractivity contribution in [3.63, 3.8) is 0 Å². The van der Waals surface area contributed by atoms with Crippen LogP contribution in [0.5, 0.6) is 0 Å². The van der Waals surface area contributed by atoms with Gasteiger partial charge in [-0.3, -0.25) is 0 Å². The van der Waals surface area contributed by atoms with Gasteiger partial charge < -0.3 is 10.3 Å². The number of rotatable bonds is 6. The molecule has 1 aromatic heterocycles. The van der Waals surface area contributed by atoms with Crippen LogP contribution in [0.4, 0.5) is 4.39 Å². The molecule has 2 aromatic carbocycles. The third-order valence-electron chi connectivity index (χ3n) is 5.26. The number of aromatic amines is 1. The van der Waals surface area contributed by atoms with Crippen molar-refractivity contribution >= 4 is 26.3 Å². The smallest absolute Gasteiger partial charge is 0.154 e. The first-order valence-electron chi connectivity index (χ1n) is 9.44. The predicted molar refractivity (Wildman–Crippen MR) is 111 cm³/mol. The van der Waals surface area contributed by atoms with Crippen LogP contribution in [-0.2, 0) is 15.6 Å². The van der Waals surface area contributed by atoms with Crippen molar-refractivity contribution in [3.8, 4) is 0 Å². The van der Waals surface area contributed by atoms with Gasteiger partial charge in [-0.25, -0.2) is 12.8 Å². The third-order valence-corrected chi connectivity index (χ3v) is 6.87. The Morgan fingerprint density at radius 2 is 1.86 bits per heavy atom. The number of hydrogen-bond acceptors (Lipinski definition) is 3. The van der Waals surface area contributed by atoms with E-state index in [0.29, 0.717) is 13.0 Å². The molecule has 146 valence electrons. The van der Waals surface area contributed by atoms with E-state index in [2.05, 4.69) is 16.4 Å². The van der Waals surface area contributed by atoms with Crippen molar-refractivity contribution in [1.82, 2.24) is 10.3 Å². The molecular weight excluding hydrogens is 375 g/mol. The van der Waals surface area contributed by atoms with E-state index in [9.17, 15) is 12.8 Å². The molecule has 4 nitrogen and oxygen atoms in total. The van der Waals surface area contributed by atoms with Crippen molar-refractivity contribution < 1.29 is 12.8 Å². The average Bonchev–Trinajstić information content (AvgIpc) is 3.10. The fourth-order valence-electron chi connectivity index (χ4n) is 3.76. The van der Waals surface area contributed by atoms with Gasteiger partial charge in [0.15, 0.2) is 9.84 Å². The first-order valence-corrected chi connectivity index (χ1v) is 11.3. The minimum absolute atomic E-state index is 0.0460. The number of nitrogens with one attached hydrogen (secondary N) is 2. The summed E-state index contributed by atoms with van der Waals surface area (Å²) in [5.41, 5.74) is 3.90. The van der Waals surface area contributed by atoms with Crippen LogP contribution in [0.15, 0.2) is 60.8 Å². The highest BCUT2D eigenvalue weighted by atomic mass is 32.2. The Kier molecular flexibility index (Phi) is 5.33.